The highest BCUT2D eigenvalue weighted by atomic mass is 19.1. The molecule has 4 nitrogen and oxygen atoms in total. The lowest BCUT2D eigenvalue weighted by Crippen LogP contribution is -2.48. The molecule has 2 aromatic rings. The zero-order valence-electron chi connectivity index (χ0n) is 15.5. The highest BCUT2D eigenvalue weighted by Gasteiger charge is 2.38. The number of halogens is 1. The second-order valence-electron chi connectivity index (χ2n) is 7.38. The second-order valence-corrected chi connectivity index (χ2v) is 7.38. The number of amides is 1. The highest BCUT2D eigenvalue weighted by molar-refractivity contribution is 5.83. The molecule has 5 heteroatoms. The Kier molecular flexibility index (Phi) is 5.23. The van der Waals surface area contributed by atoms with E-state index in [1.165, 1.54) is 23.3 Å². The molecule has 3 atom stereocenters. The van der Waals surface area contributed by atoms with Crippen LogP contribution in [0.4, 0.5) is 4.39 Å². The minimum atomic E-state index is -0.320. The van der Waals surface area contributed by atoms with E-state index in [1.807, 2.05) is 6.92 Å². The van der Waals surface area contributed by atoms with Crippen LogP contribution in [0.25, 0.3) is 0 Å². The van der Waals surface area contributed by atoms with Crippen LogP contribution in [0.3, 0.4) is 0 Å². The molecule has 4 rings (SSSR count). The van der Waals surface area contributed by atoms with Crippen LogP contribution >= 0.6 is 0 Å². The lowest BCUT2D eigenvalue weighted by atomic mass is 9.98. The number of hydrogen-bond acceptors (Lipinski definition) is 3. The van der Waals surface area contributed by atoms with Gasteiger partial charge in [0, 0.05) is 13.1 Å². The van der Waals surface area contributed by atoms with Crippen molar-refractivity contribution >= 4 is 5.91 Å². The molecule has 1 saturated heterocycles. The molecule has 1 aliphatic heterocycles. The topological polar surface area (TPSA) is 41.6 Å². The smallest absolute Gasteiger partial charge is 0.227 e. The number of hydrogen-bond donors (Lipinski definition) is 1. The number of benzene rings is 2. The van der Waals surface area contributed by atoms with Gasteiger partial charge in [-0.05, 0) is 42.2 Å². The average molecular weight is 368 g/mol. The molecule has 1 N–H and O–H groups in total. The Hall–Kier alpha value is -2.24. The van der Waals surface area contributed by atoms with E-state index < -0.39 is 0 Å². The third-order valence-electron chi connectivity index (χ3n) is 5.72. The van der Waals surface area contributed by atoms with Gasteiger partial charge in [-0.1, -0.05) is 36.4 Å². The van der Waals surface area contributed by atoms with Crippen molar-refractivity contribution in [2.45, 2.75) is 31.3 Å². The lowest BCUT2D eigenvalue weighted by molar-refractivity contribution is -0.123. The summed E-state index contributed by atoms with van der Waals surface area (Å²) in [4.78, 5) is 15.3. The quantitative estimate of drug-likeness (QED) is 0.902. The third kappa shape index (κ3) is 3.75. The summed E-state index contributed by atoms with van der Waals surface area (Å²) in [5.41, 5.74) is 3.43. The molecule has 1 aliphatic carbocycles. The maximum absolute atomic E-state index is 13.2. The van der Waals surface area contributed by atoms with Gasteiger partial charge >= 0.3 is 0 Å². The molecule has 0 aromatic heterocycles. The van der Waals surface area contributed by atoms with Crippen LogP contribution in [-0.2, 0) is 16.0 Å². The van der Waals surface area contributed by atoms with E-state index in [-0.39, 0.29) is 29.7 Å². The summed E-state index contributed by atoms with van der Waals surface area (Å²) in [6, 6.07) is 14.8. The predicted octanol–water partition coefficient (Wildman–Crippen LogP) is 3.04. The normalized spacial score (nSPS) is 23.6. The molecule has 1 amide bonds. The molecule has 142 valence electrons. The van der Waals surface area contributed by atoms with Crippen molar-refractivity contribution < 1.29 is 13.9 Å². The van der Waals surface area contributed by atoms with Crippen molar-refractivity contribution in [1.29, 1.82) is 0 Å². The van der Waals surface area contributed by atoms with Gasteiger partial charge in [-0.2, -0.15) is 0 Å². The number of nitrogens with zero attached hydrogens (tertiary/aromatic N) is 1. The third-order valence-corrected chi connectivity index (χ3v) is 5.72. The van der Waals surface area contributed by atoms with Gasteiger partial charge in [0.15, 0.2) is 0 Å². The van der Waals surface area contributed by atoms with E-state index in [9.17, 15) is 9.18 Å². The fraction of sp³-hybridized carbons (Fsp3) is 0.409. The lowest BCUT2D eigenvalue weighted by Gasteiger charge is -2.36. The minimum Gasteiger partial charge on any atom is -0.379 e. The van der Waals surface area contributed by atoms with Gasteiger partial charge in [-0.3, -0.25) is 9.69 Å². The number of carbonyl (C=O) groups excluding carboxylic acids is 1. The minimum absolute atomic E-state index is 0.0160. The molecule has 0 bridgehead atoms. The zero-order valence-corrected chi connectivity index (χ0v) is 15.5. The molecule has 1 fully saturated rings. The van der Waals surface area contributed by atoms with Crippen molar-refractivity contribution in [3.8, 4) is 0 Å². The summed E-state index contributed by atoms with van der Waals surface area (Å²) >= 11 is 0. The summed E-state index contributed by atoms with van der Waals surface area (Å²) in [5, 5.41) is 3.27. The average Bonchev–Trinajstić information content (AvgIpc) is 3.06. The zero-order chi connectivity index (χ0) is 18.8. The van der Waals surface area contributed by atoms with Crippen LogP contribution in [-0.4, -0.2) is 43.2 Å². The predicted molar refractivity (Wildman–Crippen MR) is 102 cm³/mol. The van der Waals surface area contributed by atoms with Gasteiger partial charge in [0.25, 0.3) is 0 Å². The molecule has 1 heterocycles. The van der Waals surface area contributed by atoms with Crippen molar-refractivity contribution in [1.82, 2.24) is 10.2 Å². The Morgan fingerprint density at radius 1 is 1.15 bits per heavy atom. The number of ether oxygens (including phenoxy) is 1. The van der Waals surface area contributed by atoms with Crippen molar-refractivity contribution in [2.24, 2.45) is 0 Å². The Balaban J connectivity index is 1.53. The Morgan fingerprint density at radius 2 is 1.85 bits per heavy atom. The summed E-state index contributed by atoms with van der Waals surface area (Å²) in [6.07, 6.45) is 0.833. The first-order chi connectivity index (χ1) is 13.1. The summed E-state index contributed by atoms with van der Waals surface area (Å²) in [6.45, 7) is 5.07. The maximum atomic E-state index is 13.2. The van der Waals surface area contributed by atoms with E-state index in [1.54, 1.807) is 12.1 Å². The molecule has 0 saturated carbocycles. The van der Waals surface area contributed by atoms with Crippen LogP contribution < -0.4 is 5.32 Å². The Bertz CT molecular complexity index is 802. The van der Waals surface area contributed by atoms with E-state index in [0.717, 1.165) is 38.3 Å². The first-order valence-electron chi connectivity index (χ1n) is 9.59. The van der Waals surface area contributed by atoms with Gasteiger partial charge in [0.2, 0.25) is 5.91 Å². The molecule has 27 heavy (non-hydrogen) atoms. The van der Waals surface area contributed by atoms with Gasteiger partial charge in [-0.15, -0.1) is 0 Å². The van der Waals surface area contributed by atoms with E-state index in [2.05, 4.69) is 34.5 Å². The fourth-order valence-corrected chi connectivity index (χ4v) is 4.22. The van der Waals surface area contributed by atoms with Crippen molar-refractivity contribution in [2.75, 3.05) is 26.3 Å². The molecule has 0 radical (unpaired) electrons. The molecule has 1 unspecified atom stereocenters. The number of morpholine rings is 1. The first kappa shape index (κ1) is 18.1. The second kappa shape index (κ2) is 7.79. The largest absolute Gasteiger partial charge is 0.379 e. The number of fused-ring (bicyclic) bond motifs is 1. The van der Waals surface area contributed by atoms with Gasteiger partial charge in [0.1, 0.15) is 5.82 Å². The van der Waals surface area contributed by atoms with Crippen LogP contribution in [0.1, 0.15) is 35.6 Å². The van der Waals surface area contributed by atoms with Gasteiger partial charge in [0.05, 0.1) is 31.2 Å². The SMILES string of the molecule is CC(C(=O)N[C@@H]1Cc2ccccc2[C@H]1N1CCOCC1)c1ccc(F)cc1. The van der Waals surface area contributed by atoms with Crippen molar-refractivity contribution in [3.05, 3.63) is 71.0 Å². The van der Waals surface area contributed by atoms with Gasteiger partial charge < -0.3 is 10.1 Å². The summed E-state index contributed by atoms with van der Waals surface area (Å²) in [5.74, 6) is -0.623. The monoisotopic (exact) mass is 368 g/mol. The fourth-order valence-electron chi connectivity index (χ4n) is 4.22. The maximum Gasteiger partial charge on any atom is 0.227 e. The molecular weight excluding hydrogens is 343 g/mol. The van der Waals surface area contributed by atoms with E-state index in [4.69, 9.17) is 4.74 Å². The molecule has 0 spiro atoms. The van der Waals surface area contributed by atoms with Crippen LogP contribution in [0, 0.1) is 5.82 Å². The summed E-state index contributed by atoms with van der Waals surface area (Å²) < 4.78 is 18.7. The van der Waals surface area contributed by atoms with Crippen LogP contribution in [0.5, 0.6) is 0 Å². The van der Waals surface area contributed by atoms with E-state index >= 15 is 0 Å². The summed E-state index contributed by atoms with van der Waals surface area (Å²) in [7, 11) is 0. The molecule has 2 aliphatic rings. The Labute approximate surface area is 159 Å². The number of carbonyl (C=O) groups is 1. The molecule has 2 aromatic carbocycles. The standard InChI is InChI=1S/C22H25FN2O2/c1-15(16-6-8-18(23)9-7-16)22(26)24-20-14-17-4-2-3-5-19(17)21(20)25-10-12-27-13-11-25/h2-9,15,20-21H,10-14H2,1H3,(H,24,26)/t15?,20-,21-/m1/s1. The molecular formula is C22H25FN2O2. The first-order valence-corrected chi connectivity index (χ1v) is 9.59. The van der Waals surface area contributed by atoms with Crippen molar-refractivity contribution in [3.63, 3.8) is 0 Å². The van der Waals surface area contributed by atoms with E-state index in [0.29, 0.717) is 0 Å². The van der Waals surface area contributed by atoms with Crippen LogP contribution in [0.2, 0.25) is 0 Å². The van der Waals surface area contributed by atoms with Crippen LogP contribution in [0.15, 0.2) is 48.5 Å². The number of nitrogens with one attached hydrogen (secondary N) is 1. The number of rotatable bonds is 4. The Morgan fingerprint density at radius 3 is 2.59 bits per heavy atom. The van der Waals surface area contributed by atoms with Gasteiger partial charge in [-0.25, -0.2) is 4.39 Å². The highest BCUT2D eigenvalue weighted by Crippen LogP contribution is 2.36.